The summed E-state index contributed by atoms with van der Waals surface area (Å²) >= 11 is 0. The van der Waals surface area contributed by atoms with E-state index in [0.29, 0.717) is 37.1 Å². The summed E-state index contributed by atoms with van der Waals surface area (Å²) in [6.07, 6.45) is 11.2. The molecule has 5 atom stereocenters. The zero-order valence-corrected chi connectivity index (χ0v) is 17.2. The molecule has 0 aromatic heterocycles. The smallest absolute Gasteiger partial charge is 0.243 e. The van der Waals surface area contributed by atoms with Gasteiger partial charge in [-0.15, -0.1) is 0 Å². The number of hydroxylamine groups is 1. The molecule has 2 fully saturated rings. The van der Waals surface area contributed by atoms with Gasteiger partial charge < -0.3 is 14.2 Å². The van der Waals surface area contributed by atoms with E-state index < -0.39 is 0 Å². The van der Waals surface area contributed by atoms with Gasteiger partial charge in [-0.2, -0.15) is 0 Å². The minimum Gasteiger partial charge on any atom is -0.381 e. The van der Waals surface area contributed by atoms with Crippen LogP contribution in [0.3, 0.4) is 0 Å². The summed E-state index contributed by atoms with van der Waals surface area (Å²) < 4.78 is 17.9. The number of carbonyl (C=O) groups excluding carboxylic acids is 1. The van der Waals surface area contributed by atoms with Crippen LogP contribution in [-0.2, 0) is 19.0 Å². The fourth-order valence-corrected chi connectivity index (χ4v) is 4.50. The molecule has 2 aliphatic heterocycles. The van der Waals surface area contributed by atoms with Crippen molar-refractivity contribution in [2.45, 2.75) is 96.4 Å². The molecule has 2 heterocycles. The largest absolute Gasteiger partial charge is 0.381 e. The van der Waals surface area contributed by atoms with E-state index >= 15 is 0 Å². The molecule has 2 bridgehead atoms. The average molecular weight is 386 g/mol. The first-order valence-electron chi connectivity index (χ1n) is 10.9. The van der Waals surface area contributed by atoms with E-state index in [9.17, 15) is 4.79 Å². The second-order valence-corrected chi connectivity index (χ2v) is 8.12. The van der Waals surface area contributed by atoms with Crippen LogP contribution < -0.4 is 5.48 Å². The summed E-state index contributed by atoms with van der Waals surface area (Å²) in [6, 6.07) is 0. The minimum absolute atomic E-state index is 0.0201. The van der Waals surface area contributed by atoms with Gasteiger partial charge in [-0.25, -0.2) is 5.48 Å². The van der Waals surface area contributed by atoms with Crippen LogP contribution in [0.4, 0.5) is 0 Å². The van der Waals surface area contributed by atoms with Crippen molar-refractivity contribution in [1.29, 1.82) is 0 Å². The number of nitrogens with one attached hydrogen (secondary N) is 1. The molecule has 0 saturated carbocycles. The van der Waals surface area contributed by atoms with Crippen LogP contribution in [0.5, 0.6) is 0 Å². The molecule has 158 valence electrons. The molecule has 2 rings (SSSR count). The number of rotatable bonds is 15. The van der Waals surface area contributed by atoms with Gasteiger partial charge >= 0.3 is 0 Å². The van der Waals surface area contributed by atoms with Crippen molar-refractivity contribution in [3.8, 4) is 0 Å². The topological polar surface area (TPSA) is 77.0 Å². The fraction of sp³-hybridized carbons (Fsp3) is 0.952. The second-order valence-electron chi connectivity index (χ2n) is 8.12. The Morgan fingerprint density at radius 2 is 1.81 bits per heavy atom. The number of hydrogen-bond donors (Lipinski definition) is 2. The molecule has 0 spiro atoms. The number of ether oxygens (including phenoxy) is 3. The standard InChI is InChI=1S/C21H39NO5/c1-3-4-5-6-13-25-14-11-17-18(20-9-8-19(17)27-20)12-15-26-16(2)7-10-21(23)22-24/h16-20,24H,3-15H2,1-2H3,(H,22,23). The normalized spacial score (nSPS) is 27.8. The molecule has 5 unspecified atom stereocenters. The fourth-order valence-electron chi connectivity index (χ4n) is 4.50. The van der Waals surface area contributed by atoms with Crippen LogP contribution in [-0.4, -0.2) is 49.2 Å². The van der Waals surface area contributed by atoms with Crippen LogP contribution in [0.2, 0.25) is 0 Å². The van der Waals surface area contributed by atoms with Crippen molar-refractivity contribution in [3.63, 3.8) is 0 Å². The quantitative estimate of drug-likeness (QED) is 0.254. The van der Waals surface area contributed by atoms with E-state index in [4.69, 9.17) is 19.4 Å². The first kappa shape index (κ1) is 22.6. The molecule has 0 aromatic rings. The van der Waals surface area contributed by atoms with Gasteiger partial charge in [0.1, 0.15) is 0 Å². The van der Waals surface area contributed by atoms with Crippen LogP contribution in [0.1, 0.15) is 78.1 Å². The van der Waals surface area contributed by atoms with E-state index in [1.807, 2.05) is 6.92 Å². The Bertz CT molecular complexity index is 419. The SMILES string of the molecule is CCCCCCOCCC1C2CCC(O2)C1CCOC(C)CCC(=O)NO. The predicted octanol–water partition coefficient (Wildman–Crippen LogP) is 3.85. The maximum atomic E-state index is 11.1. The number of amides is 1. The lowest BCUT2D eigenvalue weighted by Crippen LogP contribution is -2.30. The summed E-state index contributed by atoms with van der Waals surface area (Å²) in [6.45, 7) is 6.63. The van der Waals surface area contributed by atoms with E-state index in [1.54, 1.807) is 5.48 Å². The van der Waals surface area contributed by atoms with E-state index in [-0.39, 0.29) is 18.4 Å². The molecule has 0 radical (unpaired) electrons. The van der Waals surface area contributed by atoms with Gasteiger partial charge in [0, 0.05) is 26.2 Å². The van der Waals surface area contributed by atoms with Crippen LogP contribution in [0, 0.1) is 11.8 Å². The van der Waals surface area contributed by atoms with Gasteiger partial charge in [-0.1, -0.05) is 26.2 Å². The highest BCUT2D eigenvalue weighted by molar-refractivity contribution is 5.74. The van der Waals surface area contributed by atoms with E-state index in [0.717, 1.165) is 26.1 Å². The van der Waals surface area contributed by atoms with Crippen LogP contribution in [0.15, 0.2) is 0 Å². The van der Waals surface area contributed by atoms with Crippen molar-refractivity contribution >= 4 is 5.91 Å². The number of hydrogen-bond acceptors (Lipinski definition) is 5. The Morgan fingerprint density at radius 3 is 2.48 bits per heavy atom. The Kier molecular flexibility index (Phi) is 10.6. The van der Waals surface area contributed by atoms with Crippen molar-refractivity contribution in [1.82, 2.24) is 5.48 Å². The van der Waals surface area contributed by atoms with E-state index in [2.05, 4.69) is 6.92 Å². The highest BCUT2D eigenvalue weighted by Crippen LogP contribution is 2.46. The molecule has 0 aromatic carbocycles. The number of fused-ring (bicyclic) bond motifs is 2. The molecular formula is C21H39NO5. The molecule has 2 N–H and O–H groups in total. The Labute approximate surface area is 164 Å². The summed E-state index contributed by atoms with van der Waals surface area (Å²) in [5, 5.41) is 8.53. The Balaban J connectivity index is 1.61. The highest BCUT2D eigenvalue weighted by atomic mass is 16.5. The summed E-state index contributed by atoms with van der Waals surface area (Å²) in [5.41, 5.74) is 1.66. The summed E-state index contributed by atoms with van der Waals surface area (Å²) in [7, 11) is 0. The van der Waals surface area contributed by atoms with Crippen molar-refractivity contribution < 1.29 is 24.2 Å². The molecule has 6 nitrogen and oxygen atoms in total. The summed E-state index contributed by atoms with van der Waals surface area (Å²) in [5.74, 6) is 0.806. The van der Waals surface area contributed by atoms with Gasteiger partial charge in [0.15, 0.2) is 0 Å². The third-order valence-electron chi connectivity index (χ3n) is 6.08. The monoisotopic (exact) mass is 385 g/mol. The average Bonchev–Trinajstić information content (AvgIpc) is 3.27. The lowest BCUT2D eigenvalue weighted by Gasteiger charge is -2.28. The first-order chi connectivity index (χ1) is 13.2. The molecule has 6 heteroatoms. The minimum atomic E-state index is -0.360. The number of carbonyl (C=O) groups is 1. The lowest BCUT2D eigenvalue weighted by atomic mass is 9.76. The molecule has 2 aliphatic rings. The van der Waals surface area contributed by atoms with Crippen LogP contribution >= 0.6 is 0 Å². The molecule has 0 aliphatic carbocycles. The molecular weight excluding hydrogens is 346 g/mol. The van der Waals surface area contributed by atoms with Crippen LogP contribution in [0.25, 0.3) is 0 Å². The first-order valence-corrected chi connectivity index (χ1v) is 10.9. The van der Waals surface area contributed by atoms with E-state index in [1.165, 1.54) is 38.5 Å². The highest BCUT2D eigenvalue weighted by Gasteiger charge is 2.47. The number of unbranched alkanes of at least 4 members (excludes halogenated alkanes) is 3. The predicted molar refractivity (Wildman–Crippen MR) is 104 cm³/mol. The zero-order valence-electron chi connectivity index (χ0n) is 17.2. The Hall–Kier alpha value is -0.690. The van der Waals surface area contributed by atoms with Gasteiger partial charge in [0.05, 0.1) is 18.3 Å². The van der Waals surface area contributed by atoms with Gasteiger partial charge in [0.2, 0.25) is 5.91 Å². The maximum absolute atomic E-state index is 11.1. The van der Waals surface area contributed by atoms with Crippen molar-refractivity contribution in [3.05, 3.63) is 0 Å². The van der Waals surface area contributed by atoms with Crippen molar-refractivity contribution in [2.75, 3.05) is 19.8 Å². The third-order valence-corrected chi connectivity index (χ3v) is 6.08. The van der Waals surface area contributed by atoms with Gasteiger partial charge in [-0.3, -0.25) is 10.0 Å². The van der Waals surface area contributed by atoms with Gasteiger partial charge in [0.25, 0.3) is 0 Å². The lowest BCUT2D eigenvalue weighted by molar-refractivity contribution is -0.129. The second kappa shape index (κ2) is 12.7. The maximum Gasteiger partial charge on any atom is 0.243 e. The molecule has 2 saturated heterocycles. The summed E-state index contributed by atoms with van der Waals surface area (Å²) in [4.78, 5) is 11.1. The van der Waals surface area contributed by atoms with Crippen molar-refractivity contribution in [2.24, 2.45) is 11.8 Å². The Morgan fingerprint density at radius 1 is 1.11 bits per heavy atom. The molecule has 1 amide bonds. The molecule has 27 heavy (non-hydrogen) atoms. The van der Waals surface area contributed by atoms with Gasteiger partial charge in [-0.05, 0) is 57.3 Å². The zero-order chi connectivity index (χ0) is 19.5. The third kappa shape index (κ3) is 7.68.